The van der Waals surface area contributed by atoms with Crippen LogP contribution in [0, 0.1) is 0 Å². The fourth-order valence-electron chi connectivity index (χ4n) is 3.78. The molecule has 2 saturated heterocycles. The van der Waals surface area contributed by atoms with Gasteiger partial charge in [0.1, 0.15) is 13.1 Å². The van der Waals surface area contributed by atoms with Crippen LogP contribution in [0.1, 0.15) is 25.7 Å². The zero-order valence-electron chi connectivity index (χ0n) is 20.5. The molecule has 37 heavy (non-hydrogen) atoms. The monoisotopic (exact) mass is 543 g/mol. The summed E-state index contributed by atoms with van der Waals surface area (Å²) in [6.45, 7) is -2.66. The summed E-state index contributed by atoms with van der Waals surface area (Å²) >= 11 is 1.80. The van der Waals surface area contributed by atoms with Crippen molar-refractivity contribution in [3.05, 3.63) is 0 Å². The number of nitrogens with zero attached hydrogens (tertiary/aromatic N) is 1. The largest absolute Gasteiger partial charge is 0.480 e. The summed E-state index contributed by atoms with van der Waals surface area (Å²) in [5, 5.41) is 24.4. The second-order valence-corrected chi connectivity index (χ2v) is 9.79. The lowest BCUT2D eigenvalue weighted by atomic mass is 10.0. The van der Waals surface area contributed by atoms with E-state index in [-0.39, 0.29) is 43.5 Å². The van der Waals surface area contributed by atoms with Gasteiger partial charge in [-0.3, -0.25) is 28.8 Å². The third-order valence-corrected chi connectivity index (χ3v) is 7.21. The molecule has 2 heterocycles. The molecule has 0 saturated carbocycles. The predicted octanol–water partition coefficient (Wildman–Crippen LogP) is -3.28. The molecule has 0 aromatic heterocycles. The minimum Gasteiger partial charge on any atom is -0.480 e. The lowest BCUT2D eigenvalue weighted by Gasteiger charge is -2.20. The fourth-order valence-corrected chi connectivity index (χ4v) is 5.33. The van der Waals surface area contributed by atoms with E-state index in [1.165, 1.54) is 7.05 Å². The number of nitrogens with one attached hydrogen (secondary N) is 6. The number of thioether (sulfide) groups is 1. The zero-order chi connectivity index (χ0) is 27.4. The van der Waals surface area contributed by atoms with E-state index in [4.69, 9.17) is 5.11 Å². The maximum absolute atomic E-state index is 12.3. The molecule has 3 atom stereocenters. The van der Waals surface area contributed by atoms with Gasteiger partial charge in [-0.25, -0.2) is 4.79 Å². The zero-order valence-corrected chi connectivity index (χ0v) is 21.3. The molecule has 2 fully saturated rings. The van der Waals surface area contributed by atoms with Gasteiger partial charge >= 0.3 is 12.0 Å². The number of unbranched alkanes of at least 4 members (excludes halogenated alkanes) is 1. The molecule has 0 aromatic carbocycles. The van der Waals surface area contributed by atoms with Gasteiger partial charge < -0.3 is 41.9 Å². The smallest absolute Gasteiger partial charge is 0.323 e. The van der Waals surface area contributed by atoms with E-state index in [2.05, 4.69) is 31.9 Å². The van der Waals surface area contributed by atoms with E-state index in [1.807, 2.05) is 0 Å². The normalized spacial score (nSPS) is 19.6. The fraction of sp³-hybridized carbons (Fsp3) is 0.667. The van der Waals surface area contributed by atoms with Crippen molar-refractivity contribution in [2.75, 3.05) is 45.5 Å². The molecular formula is C21H33N7O8S. The minimum atomic E-state index is -1.36. The van der Waals surface area contributed by atoms with Crippen molar-refractivity contribution in [2.24, 2.45) is 0 Å². The average molecular weight is 544 g/mol. The number of carbonyl (C=O) groups is 7. The predicted molar refractivity (Wildman–Crippen MR) is 131 cm³/mol. The van der Waals surface area contributed by atoms with Crippen LogP contribution in [0.5, 0.6) is 0 Å². The van der Waals surface area contributed by atoms with Crippen molar-refractivity contribution < 1.29 is 38.7 Å². The van der Waals surface area contributed by atoms with Gasteiger partial charge in [0, 0.05) is 24.5 Å². The van der Waals surface area contributed by atoms with E-state index < -0.39 is 49.2 Å². The van der Waals surface area contributed by atoms with Crippen LogP contribution in [0.3, 0.4) is 0 Å². The van der Waals surface area contributed by atoms with Crippen molar-refractivity contribution in [1.82, 2.24) is 36.8 Å². The Hall–Kier alpha value is -3.56. The first kappa shape index (κ1) is 29.7. The highest BCUT2D eigenvalue weighted by Gasteiger charge is 2.42. The highest BCUT2D eigenvalue weighted by Crippen LogP contribution is 2.33. The number of carbonyl (C=O) groups excluding carboxylic acids is 6. The second-order valence-electron chi connectivity index (χ2n) is 8.51. The van der Waals surface area contributed by atoms with E-state index >= 15 is 0 Å². The maximum atomic E-state index is 12.3. The van der Waals surface area contributed by atoms with Crippen LogP contribution in [0.15, 0.2) is 0 Å². The average Bonchev–Trinajstić information content (AvgIpc) is 3.40. The number of carboxylic acids is 1. The van der Waals surface area contributed by atoms with Crippen LogP contribution < -0.4 is 31.9 Å². The van der Waals surface area contributed by atoms with Crippen LogP contribution in [-0.4, -0.2) is 114 Å². The van der Waals surface area contributed by atoms with Gasteiger partial charge in [0.25, 0.3) is 0 Å². The van der Waals surface area contributed by atoms with Gasteiger partial charge in [-0.05, 0) is 12.8 Å². The lowest BCUT2D eigenvalue weighted by Crippen LogP contribution is -2.49. The molecule has 0 aromatic rings. The SMILES string of the molecule is CNC(=O)CNC(=O)CN(CC(=O)O)C(=O)CNC(=O)CNC(=O)CCCCC1SC[C@H]2NC(=O)N[C@@H]12. The molecule has 7 amide bonds. The summed E-state index contributed by atoms with van der Waals surface area (Å²) in [5.41, 5.74) is 0. The number of aliphatic carboxylic acids is 1. The quantitative estimate of drug-likeness (QED) is 0.0813. The summed E-state index contributed by atoms with van der Waals surface area (Å²) in [6, 6.07) is 0.122. The van der Waals surface area contributed by atoms with Crippen molar-refractivity contribution in [1.29, 1.82) is 0 Å². The van der Waals surface area contributed by atoms with Gasteiger partial charge in [0.05, 0.1) is 31.7 Å². The Bertz CT molecular complexity index is 902. The number of amides is 7. The van der Waals surface area contributed by atoms with Gasteiger partial charge in [0.15, 0.2) is 0 Å². The molecule has 2 aliphatic heterocycles. The molecule has 7 N–H and O–H groups in total. The third kappa shape index (κ3) is 10.5. The topological polar surface area (TPSA) is 215 Å². The summed E-state index contributed by atoms with van der Waals surface area (Å²) in [7, 11) is 1.38. The molecule has 0 spiro atoms. The number of fused-ring (bicyclic) bond motifs is 1. The summed E-state index contributed by atoms with van der Waals surface area (Å²) in [6.07, 6.45) is 2.50. The molecule has 2 rings (SSSR count). The van der Waals surface area contributed by atoms with Gasteiger partial charge in [-0.1, -0.05) is 6.42 Å². The minimum absolute atomic E-state index is 0.112. The molecule has 2 aliphatic rings. The Balaban J connectivity index is 1.62. The van der Waals surface area contributed by atoms with Gasteiger partial charge in [0.2, 0.25) is 29.5 Å². The highest BCUT2D eigenvalue weighted by atomic mass is 32.2. The second kappa shape index (κ2) is 14.9. The molecule has 15 nitrogen and oxygen atoms in total. The number of carboxylic acid groups (broad SMARTS) is 1. The number of rotatable bonds is 15. The maximum Gasteiger partial charge on any atom is 0.323 e. The van der Waals surface area contributed by atoms with Crippen LogP contribution >= 0.6 is 11.8 Å². The van der Waals surface area contributed by atoms with Crippen LogP contribution in [0.25, 0.3) is 0 Å². The molecule has 206 valence electrons. The van der Waals surface area contributed by atoms with Crippen molar-refractivity contribution in [2.45, 2.75) is 43.0 Å². The molecule has 0 aliphatic carbocycles. The first-order valence-electron chi connectivity index (χ1n) is 11.8. The van der Waals surface area contributed by atoms with E-state index in [1.54, 1.807) is 11.8 Å². The van der Waals surface area contributed by atoms with Crippen molar-refractivity contribution in [3.8, 4) is 0 Å². The molecule has 0 bridgehead atoms. The number of likely N-dealkylation sites (N-methyl/N-ethyl adjacent to an activating group) is 1. The third-order valence-electron chi connectivity index (χ3n) is 5.70. The lowest BCUT2D eigenvalue weighted by molar-refractivity contribution is -0.145. The molecule has 0 radical (unpaired) electrons. The Morgan fingerprint density at radius 2 is 1.59 bits per heavy atom. The van der Waals surface area contributed by atoms with E-state index in [0.717, 1.165) is 23.5 Å². The number of hydrogen-bond acceptors (Lipinski definition) is 8. The van der Waals surface area contributed by atoms with Crippen molar-refractivity contribution in [3.63, 3.8) is 0 Å². The molecule has 16 heteroatoms. The Kier molecular flexibility index (Phi) is 11.9. The molecular weight excluding hydrogens is 510 g/mol. The van der Waals surface area contributed by atoms with Gasteiger partial charge in [-0.15, -0.1) is 0 Å². The van der Waals surface area contributed by atoms with E-state index in [0.29, 0.717) is 11.7 Å². The summed E-state index contributed by atoms with van der Waals surface area (Å²) < 4.78 is 0. The first-order valence-corrected chi connectivity index (χ1v) is 12.8. The number of urea groups is 1. The molecule has 1 unspecified atom stereocenters. The Morgan fingerprint density at radius 1 is 0.919 bits per heavy atom. The van der Waals surface area contributed by atoms with Crippen LogP contribution in [-0.2, 0) is 28.8 Å². The van der Waals surface area contributed by atoms with Crippen LogP contribution in [0.2, 0.25) is 0 Å². The Labute approximate surface area is 217 Å². The van der Waals surface area contributed by atoms with Gasteiger partial charge in [-0.2, -0.15) is 11.8 Å². The Morgan fingerprint density at radius 3 is 2.30 bits per heavy atom. The number of hydrogen-bond donors (Lipinski definition) is 7. The van der Waals surface area contributed by atoms with Crippen molar-refractivity contribution >= 4 is 53.3 Å². The standard InChI is InChI=1S/C21H33N7O8S/c1-22-15(30)6-24-17(32)9-28(10-19(34)35)18(33)8-25-16(31)7-23-14(29)5-3-2-4-13-20-12(11-37-13)26-21(36)27-20/h12-13,20H,2-11H2,1H3,(H,22,30)(H,23,29)(H,24,32)(H,25,31)(H,34,35)(H2,26,27,36)/t12-,13?,20-/m1/s1. The first-order chi connectivity index (χ1) is 17.6. The van der Waals surface area contributed by atoms with E-state index in [9.17, 15) is 33.6 Å². The summed E-state index contributed by atoms with van der Waals surface area (Å²) in [5.74, 6) is -3.51. The summed E-state index contributed by atoms with van der Waals surface area (Å²) in [4.78, 5) is 82.5. The van der Waals surface area contributed by atoms with Crippen LogP contribution in [0.4, 0.5) is 4.79 Å². The highest BCUT2D eigenvalue weighted by molar-refractivity contribution is 8.00.